The lowest BCUT2D eigenvalue weighted by atomic mass is 10.1. The van der Waals surface area contributed by atoms with Crippen molar-refractivity contribution in [2.75, 3.05) is 0 Å². The molecular formula is C13H20. The molecule has 0 amide bonds. The third-order valence-electron chi connectivity index (χ3n) is 1.80. The quantitative estimate of drug-likeness (QED) is 0.605. The Bertz CT molecular complexity index is 221. The van der Waals surface area contributed by atoms with Gasteiger partial charge in [0, 0.05) is 0 Å². The average Bonchev–Trinajstić information content (AvgIpc) is 2.22. The smallest absolute Gasteiger partial charge is 0.00699 e. The van der Waals surface area contributed by atoms with Crippen molar-refractivity contribution in [3.05, 3.63) is 48.0 Å². The second-order valence-corrected chi connectivity index (χ2v) is 2.77. The summed E-state index contributed by atoms with van der Waals surface area (Å²) in [5.74, 6) is 0. The number of rotatable bonds is 3. The van der Waals surface area contributed by atoms with Crippen LogP contribution in [0.5, 0.6) is 0 Å². The maximum Gasteiger partial charge on any atom is -0.00699 e. The molecule has 0 bridgehead atoms. The largest absolute Gasteiger partial charge is 0.0995 e. The van der Waals surface area contributed by atoms with Crippen LogP contribution in [0.2, 0.25) is 0 Å². The monoisotopic (exact) mass is 176 g/mol. The van der Waals surface area contributed by atoms with E-state index >= 15 is 0 Å². The second kappa shape index (κ2) is 7.60. The first-order valence-electron chi connectivity index (χ1n) is 5.03. The molecule has 0 aliphatic carbocycles. The lowest BCUT2D eigenvalue weighted by molar-refractivity contribution is 1.01. The van der Waals surface area contributed by atoms with Gasteiger partial charge in [0.15, 0.2) is 0 Å². The van der Waals surface area contributed by atoms with E-state index in [9.17, 15) is 0 Å². The molecule has 0 radical (unpaired) electrons. The molecule has 1 aromatic rings. The summed E-state index contributed by atoms with van der Waals surface area (Å²) in [6.45, 7) is 10.1. The second-order valence-electron chi connectivity index (χ2n) is 2.77. The van der Waals surface area contributed by atoms with Gasteiger partial charge < -0.3 is 0 Å². The summed E-state index contributed by atoms with van der Waals surface area (Å²) < 4.78 is 0. The van der Waals surface area contributed by atoms with Gasteiger partial charge in [-0.25, -0.2) is 0 Å². The SMILES string of the molecule is C=C(CC)Cc1ccccc1.CC. The normalized spacial score (nSPS) is 8.54. The third-order valence-corrected chi connectivity index (χ3v) is 1.80. The molecule has 13 heavy (non-hydrogen) atoms. The van der Waals surface area contributed by atoms with Gasteiger partial charge in [0.05, 0.1) is 0 Å². The van der Waals surface area contributed by atoms with E-state index in [4.69, 9.17) is 0 Å². The summed E-state index contributed by atoms with van der Waals surface area (Å²) in [6, 6.07) is 10.5. The van der Waals surface area contributed by atoms with Gasteiger partial charge in [0.1, 0.15) is 0 Å². The lowest BCUT2D eigenvalue weighted by Crippen LogP contribution is -1.86. The molecule has 72 valence electrons. The van der Waals surface area contributed by atoms with Crippen molar-refractivity contribution in [2.24, 2.45) is 0 Å². The Labute approximate surface area is 82.3 Å². The Balaban J connectivity index is 0.000000671. The van der Waals surface area contributed by atoms with Gasteiger partial charge in [-0.1, -0.05) is 63.3 Å². The van der Waals surface area contributed by atoms with E-state index in [1.807, 2.05) is 19.9 Å². The number of hydrogen-bond donors (Lipinski definition) is 0. The molecule has 0 fully saturated rings. The lowest BCUT2D eigenvalue weighted by Gasteiger charge is -2.00. The molecule has 1 rings (SSSR count). The van der Waals surface area contributed by atoms with E-state index < -0.39 is 0 Å². The maximum atomic E-state index is 3.97. The predicted octanol–water partition coefficient (Wildman–Crippen LogP) is 4.22. The van der Waals surface area contributed by atoms with E-state index in [0.29, 0.717) is 0 Å². The van der Waals surface area contributed by atoms with Crippen LogP contribution in [0.15, 0.2) is 42.5 Å². The van der Waals surface area contributed by atoms with Crippen LogP contribution < -0.4 is 0 Å². The van der Waals surface area contributed by atoms with Crippen molar-refractivity contribution in [2.45, 2.75) is 33.6 Å². The molecule has 0 aliphatic heterocycles. The maximum absolute atomic E-state index is 3.97. The Morgan fingerprint density at radius 3 is 2.15 bits per heavy atom. The van der Waals surface area contributed by atoms with Gasteiger partial charge in [-0.3, -0.25) is 0 Å². The molecular weight excluding hydrogens is 156 g/mol. The fraction of sp³-hybridized carbons (Fsp3) is 0.385. The highest BCUT2D eigenvalue weighted by Gasteiger charge is 1.92. The highest BCUT2D eigenvalue weighted by atomic mass is 14.0. The molecule has 0 aliphatic rings. The topological polar surface area (TPSA) is 0 Å². The number of benzene rings is 1. The molecule has 0 aromatic heterocycles. The van der Waals surface area contributed by atoms with Crippen LogP contribution in [0.3, 0.4) is 0 Å². The minimum absolute atomic E-state index is 1.03. The van der Waals surface area contributed by atoms with Crippen molar-refractivity contribution in [3.63, 3.8) is 0 Å². The fourth-order valence-corrected chi connectivity index (χ4v) is 1.01. The number of hydrogen-bond acceptors (Lipinski definition) is 0. The molecule has 0 unspecified atom stereocenters. The fourth-order valence-electron chi connectivity index (χ4n) is 1.01. The molecule has 0 spiro atoms. The third kappa shape index (κ3) is 5.24. The molecule has 0 saturated heterocycles. The van der Waals surface area contributed by atoms with Gasteiger partial charge in [-0.05, 0) is 18.4 Å². The zero-order valence-electron chi connectivity index (χ0n) is 9.01. The van der Waals surface area contributed by atoms with Crippen molar-refractivity contribution >= 4 is 0 Å². The van der Waals surface area contributed by atoms with Crippen molar-refractivity contribution in [3.8, 4) is 0 Å². The van der Waals surface area contributed by atoms with E-state index in [1.165, 1.54) is 11.1 Å². The zero-order valence-corrected chi connectivity index (χ0v) is 9.01. The van der Waals surface area contributed by atoms with Gasteiger partial charge in [0.2, 0.25) is 0 Å². The summed E-state index contributed by atoms with van der Waals surface area (Å²) in [7, 11) is 0. The van der Waals surface area contributed by atoms with Crippen molar-refractivity contribution in [1.29, 1.82) is 0 Å². The Morgan fingerprint density at radius 1 is 1.15 bits per heavy atom. The van der Waals surface area contributed by atoms with Gasteiger partial charge in [-0.2, -0.15) is 0 Å². The van der Waals surface area contributed by atoms with Crippen LogP contribution in [-0.4, -0.2) is 0 Å². The van der Waals surface area contributed by atoms with Gasteiger partial charge in [-0.15, -0.1) is 0 Å². The van der Waals surface area contributed by atoms with E-state index in [-0.39, 0.29) is 0 Å². The minimum Gasteiger partial charge on any atom is -0.0995 e. The van der Waals surface area contributed by atoms with Crippen LogP contribution in [0.1, 0.15) is 32.8 Å². The van der Waals surface area contributed by atoms with Crippen LogP contribution in [0.25, 0.3) is 0 Å². The summed E-state index contributed by atoms with van der Waals surface area (Å²) in [5, 5.41) is 0. The molecule has 0 atom stereocenters. The Kier molecular flexibility index (Phi) is 6.99. The molecule has 0 N–H and O–H groups in total. The van der Waals surface area contributed by atoms with Gasteiger partial charge >= 0.3 is 0 Å². The predicted molar refractivity (Wildman–Crippen MR) is 60.9 cm³/mol. The highest BCUT2D eigenvalue weighted by molar-refractivity contribution is 5.20. The average molecular weight is 176 g/mol. The summed E-state index contributed by atoms with van der Waals surface area (Å²) in [6.07, 6.45) is 2.10. The minimum atomic E-state index is 1.03. The number of allylic oxidation sites excluding steroid dienone is 1. The summed E-state index contributed by atoms with van der Waals surface area (Å²) in [5.41, 5.74) is 2.66. The first-order valence-corrected chi connectivity index (χ1v) is 5.03. The van der Waals surface area contributed by atoms with Crippen molar-refractivity contribution in [1.82, 2.24) is 0 Å². The Hall–Kier alpha value is -1.04. The van der Waals surface area contributed by atoms with Gasteiger partial charge in [0.25, 0.3) is 0 Å². The highest BCUT2D eigenvalue weighted by Crippen LogP contribution is 2.07. The summed E-state index contributed by atoms with van der Waals surface area (Å²) >= 11 is 0. The molecule has 0 nitrogen and oxygen atoms in total. The first kappa shape index (κ1) is 12.0. The van der Waals surface area contributed by atoms with Crippen LogP contribution in [0.4, 0.5) is 0 Å². The Morgan fingerprint density at radius 2 is 1.69 bits per heavy atom. The van der Waals surface area contributed by atoms with Crippen LogP contribution in [-0.2, 0) is 6.42 Å². The molecule has 0 saturated carbocycles. The molecule has 0 heterocycles. The first-order chi connectivity index (χ1) is 6.33. The molecule has 1 aromatic carbocycles. The standard InChI is InChI=1S/C11H14.C2H6/c1-3-10(2)9-11-7-5-4-6-8-11;1-2/h4-8H,2-3,9H2,1H3;1-2H3. The van der Waals surface area contributed by atoms with Crippen molar-refractivity contribution < 1.29 is 0 Å². The van der Waals surface area contributed by atoms with E-state index in [2.05, 4.69) is 37.8 Å². The zero-order chi connectivity index (χ0) is 10.1. The van der Waals surface area contributed by atoms with E-state index in [1.54, 1.807) is 0 Å². The van der Waals surface area contributed by atoms with Crippen LogP contribution >= 0.6 is 0 Å². The van der Waals surface area contributed by atoms with Crippen LogP contribution in [0, 0.1) is 0 Å². The summed E-state index contributed by atoms with van der Waals surface area (Å²) in [4.78, 5) is 0. The molecule has 0 heteroatoms. The van der Waals surface area contributed by atoms with E-state index in [0.717, 1.165) is 12.8 Å².